The zero-order valence-corrected chi connectivity index (χ0v) is 14.2. The first-order valence-corrected chi connectivity index (χ1v) is 9.41. The average molecular weight is 388 g/mol. The second kappa shape index (κ2) is 5.51. The average Bonchev–Trinajstić information content (AvgIpc) is 2.90. The number of hydrogen-bond donors (Lipinski definition) is 1. The molecule has 0 unspecified atom stereocenters. The van der Waals surface area contributed by atoms with E-state index in [1.54, 1.807) is 6.07 Å². The van der Waals surface area contributed by atoms with Crippen molar-refractivity contribution < 1.29 is 26.1 Å². The van der Waals surface area contributed by atoms with Gasteiger partial charge in [0.25, 0.3) is 16.1 Å². The van der Waals surface area contributed by atoms with E-state index in [2.05, 4.69) is 10.1 Å². The maximum Gasteiger partial charge on any atom is 0.276 e. The lowest BCUT2D eigenvalue weighted by molar-refractivity contribution is 0.0406. The predicted octanol–water partition coefficient (Wildman–Crippen LogP) is 1.89. The van der Waals surface area contributed by atoms with Crippen LogP contribution in [0.15, 0.2) is 28.8 Å². The van der Waals surface area contributed by atoms with Crippen LogP contribution in [-0.4, -0.2) is 41.9 Å². The molecule has 2 fully saturated rings. The van der Waals surface area contributed by atoms with E-state index >= 15 is 0 Å². The quantitative estimate of drug-likeness (QED) is 0.865. The molecule has 1 aliphatic carbocycles. The number of alkyl halides is 2. The standard InChI is InChI=1S/C15H15F3N4O3S/c16-10-3-1-2-9(8-10)12-20-13(25-21-12)11-14(15(11,17)18)4-6-22(7-5-14)26(19,23)24/h1-3,8,11H,4-7H2,(H2,19,23,24)/t11-/m1/s1. The van der Waals surface area contributed by atoms with E-state index in [9.17, 15) is 21.6 Å². The van der Waals surface area contributed by atoms with Gasteiger partial charge in [-0.15, -0.1) is 0 Å². The minimum atomic E-state index is -3.90. The Labute approximate surface area is 147 Å². The van der Waals surface area contributed by atoms with Gasteiger partial charge in [0.15, 0.2) is 0 Å². The number of nitrogens with zero attached hydrogens (tertiary/aromatic N) is 3. The monoisotopic (exact) mass is 388 g/mol. The molecular formula is C15H15F3N4O3S. The summed E-state index contributed by atoms with van der Waals surface area (Å²) in [6, 6.07) is 5.42. The zero-order chi connectivity index (χ0) is 18.7. The Bertz CT molecular complexity index is 955. The number of rotatable bonds is 3. The lowest BCUT2D eigenvalue weighted by Crippen LogP contribution is -2.43. The number of hydrogen-bond acceptors (Lipinski definition) is 5. The third-order valence-electron chi connectivity index (χ3n) is 5.24. The Hall–Kier alpha value is -1.98. The van der Waals surface area contributed by atoms with E-state index in [4.69, 9.17) is 9.66 Å². The highest BCUT2D eigenvalue weighted by Crippen LogP contribution is 2.75. The first-order chi connectivity index (χ1) is 12.1. The fourth-order valence-corrected chi connectivity index (χ4v) is 4.45. The molecule has 11 heteroatoms. The third-order valence-corrected chi connectivity index (χ3v) is 6.33. The summed E-state index contributed by atoms with van der Waals surface area (Å²) in [5, 5.41) is 8.73. The largest absolute Gasteiger partial charge is 0.338 e. The fourth-order valence-electron chi connectivity index (χ4n) is 3.76. The molecule has 0 amide bonds. The normalized spacial score (nSPS) is 24.7. The summed E-state index contributed by atoms with van der Waals surface area (Å²) in [6.07, 6.45) is -0.114. The summed E-state index contributed by atoms with van der Waals surface area (Å²) in [6.45, 7) is -0.175. The summed E-state index contributed by atoms with van der Waals surface area (Å²) in [7, 11) is -3.90. The highest BCUT2D eigenvalue weighted by Gasteiger charge is 2.82. The van der Waals surface area contributed by atoms with E-state index in [-0.39, 0.29) is 37.6 Å². The van der Waals surface area contributed by atoms with E-state index in [1.165, 1.54) is 18.2 Å². The van der Waals surface area contributed by atoms with E-state index in [0.29, 0.717) is 5.56 Å². The van der Waals surface area contributed by atoms with Gasteiger partial charge in [0.1, 0.15) is 11.7 Å². The maximum atomic E-state index is 14.5. The number of benzene rings is 1. The summed E-state index contributed by atoms with van der Waals surface area (Å²) >= 11 is 0. The second-order valence-electron chi connectivity index (χ2n) is 6.62. The van der Waals surface area contributed by atoms with Gasteiger partial charge in [-0.1, -0.05) is 17.3 Å². The predicted molar refractivity (Wildman–Crippen MR) is 83.7 cm³/mol. The lowest BCUT2D eigenvalue weighted by Gasteiger charge is -2.30. The molecule has 1 spiro atoms. The maximum absolute atomic E-state index is 14.5. The molecular weight excluding hydrogens is 373 g/mol. The minimum absolute atomic E-state index is 0.0271. The minimum Gasteiger partial charge on any atom is -0.338 e. The van der Waals surface area contributed by atoms with E-state index in [0.717, 1.165) is 4.31 Å². The lowest BCUT2D eigenvalue weighted by atomic mass is 9.91. The number of piperidine rings is 1. The molecule has 26 heavy (non-hydrogen) atoms. The highest BCUT2D eigenvalue weighted by molar-refractivity contribution is 7.86. The van der Waals surface area contributed by atoms with Crippen molar-refractivity contribution in [2.45, 2.75) is 24.7 Å². The van der Waals surface area contributed by atoms with Crippen LogP contribution in [0.4, 0.5) is 13.2 Å². The molecule has 1 aromatic heterocycles. The van der Waals surface area contributed by atoms with Gasteiger partial charge in [0.05, 0.1) is 5.41 Å². The zero-order valence-electron chi connectivity index (χ0n) is 13.4. The van der Waals surface area contributed by atoms with Crippen LogP contribution in [-0.2, 0) is 10.2 Å². The molecule has 7 nitrogen and oxygen atoms in total. The van der Waals surface area contributed by atoms with E-state index in [1.807, 2.05) is 0 Å². The van der Waals surface area contributed by atoms with Crippen molar-refractivity contribution in [3.05, 3.63) is 36.0 Å². The Morgan fingerprint density at radius 3 is 2.58 bits per heavy atom. The molecule has 2 aromatic rings. The van der Waals surface area contributed by atoms with Crippen molar-refractivity contribution in [2.24, 2.45) is 10.6 Å². The summed E-state index contributed by atoms with van der Waals surface area (Å²) in [5.74, 6) is -5.06. The number of nitrogens with two attached hydrogens (primary N) is 1. The van der Waals surface area contributed by atoms with Crippen LogP contribution in [0.25, 0.3) is 11.4 Å². The number of halogens is 3. The van der Waals surface area contributed by atoms with Crippen molar-refractivity contribution in [1.82, 2.24) is 14.4 Å². The van der Waals surface area contributed by atoms with Crippen LogP contribution in [0.2, 0.25) is 0 Å². The summed E-state index contributed by atoms with van der Waals surface area (Å²) in [4.78, 5) is 4.02. The second-order valence-corrected chi connectivity index (χ2v) is 8.17. The summed E-state index contributed by atoms with van der Waals surface area (Å²) in [5.41, 5.74) is -1.10. The van der Waals surface area contributed by atoms with Crippen LogP contribution in [0, 0.1) is 11.2 Å². The molecule has 1 aliphatic heterocycles. The summed E-state index contributed by atoms with van der Waals surface area (Å²) < 4.78 is 71.1. The smallest absolute Gasteiger partial charge is 0.276 e. The van der Waals surface area contributed by atoms with Crippen LogP contribution >= 0.6 is 0 Å². The van der Waals surface area contributed by atoms with Gasteiger partial charge in [0, 0.05) is 18.7 Å². The van der Waals surface area contributed by atoms with Crippen molar-refractivity contribution >= 4 is 10.2 Å². The van der Waals surface area contributed by atoms with Gasteiger partial charge in [-0.2, -0.15) is 17.7 Å². The molecule has 2 aliphatic rings. The van der Waals surface area contributed by atoms with Crippen LogP contribution < -0.4 is 5.14 Å². The van der Waals surface area contributed by atoms with Gasteiger partial charge in [0.2, 0.25) is 11.7 Å². The van der Waals surface area contributed by atoms with Gasteiger partial charge < -0.3 is 4.52 Å². The van der Waals surface area contributed by atoms with E-state index < -0.39 is 33.3 Å². The Morgan fingerprint density at radius 2 is 1.96 bits per heavy atom. The third kappa shape index (κ3) is 2.53. The van der Waals surface area contributed by atoms with Crippen LogP contribution in [0.5, 0.6) is 0 Å². The first-order valence-electron chi connectivity index (χ1n) is 7.90. The topological polar surface area (TPSA) is 102 Å². The van der Waals surface area contributed by atoms with Crippen molar-refractivity contribution in [3.8, 4) is 11.4 Å². The molecule has 0 bridgehead atoms. The molecule has 140 valence electrons. The molecule has 2 heterocycles. The molecule has 1 aromatic carbocycles. The van der Waals surface area contributed by atoms with Crippen molar-refractivity contribution in [1.29, 1.82) is 0 Å². The molecule has 2 N–H and O–H groups in total. The first kappa shape index (κ1) is 17.4. The highest BCUT2D eigenvalue weighted by atomic mass is 32.2. The molecule has 0 radical (unpaired) electrons. The van der Waals surface area contributed by atoms with Gasteiger partial charge in [-0.05, 0) is 25.0 Å². The molecule has 4 rings (SSSR count). The Morgan fingerprint density at radius 1 is 1.27 bits per heavy atom. The van der Waals surface area contributed by atoms with Crippen LogP contribution in [0.3, 0.4) is 0 Å². The Kier molecular flexibility index (Phi) is 3.69. The van der Waals surface area contributed by atoms with Gasteiger partial charge in [-0.3, -0.25) is 0 Å². The van der Waals surface area contributed by atoms with Crippen LogP contribution in [0.1, 0.15) is 24.7 Å². The molecule has 1 saturated heterocycles. The molecule has 1 atom stereocenters. The SMILES string of the molecule is NS(=O)(=O)N1CCC2(CC1)[C@@H](c1nc(-c3cccc(F)c3)no1)C2(F)F. The van der Waals surface area contributed by atoms with Gasteiger partial charge in [-0.25, -0.2) is 18.3 Å². The van der Waals surface area contributed by atoms with Crippen molar-refractivity contribution in [2.75, 3.05) is 13.1 Å². The fraction of sp³-hybridized carbons (Fsp3) is 0.467. The van der Waals surface area contributed by atoms with Crippen molar-refractivity contribution in [3.63, 3.8) is 0 Å². The Balaban J connectivity index is 1.58. The number of aromatic nitrogens is 2. The molecule has 1 saturated carbocycles. The van der Waals surface area contributed by atoms with Gasteiger partial charge >= 0.3 is 0 Å².